The molecule has 1 aromatic heterocycles. The SMILES string of the molecule is CC(=O)CCC(=O)N1C[C@H]2C[C@H](C1)c1cccc(=O)n1C2. The van der Waals surface area contributed by atoms with Crippen LogP contribution < -0.4 is 5.56 Å². The van der Waals surface area contributed by atoms with Crippen molar-refractivity contribution in [2.24, 2.45) is 5.92 Å². The van der Waals surface area contributed by atoms with E-state index in [-0.39, 0.29) is 23.2 Å². The summed E-state index contributed by atoms with van der Waals surface area (Å²) in [5, 5.41) is 0. The summed E-state index contributed by atoms with van der Waals surface area (Å²) in [6, 6.07) is 5.39. The molecule has 0 aromatic carbocycles. The molecular formula is C16H20N2O3. The maximum atomic E-state index is 12.2. The molecule has 112 valence electrons. The van der Waals surface area contributed by atoms with E-state index in [0.717, 1.165) is 12.1 Å². The molecule has 1 saturated heterocycles. The number of pyridine rings is 1. The van der Waals surface area contributed by atoms with Gasteiger partial charge in [0.25, 0.3) is 5.56 Å². The van der Waals surface area contributed by atoms with E-state index in [0.29, 0.717) is 38.4 Å². The molecule has 0 saturated carbocycles. The molecule has 1 amide bonds. The first-order valence-electron chi connectivity index (χ1n) is 7.51. The van der Waals surface area contributed by atoms with Gasteiger partial charge in [0.1, 0.15) is 5.78 Å². The second kappa shape index (κ2) is 5.47. The van der Waals surface area contributed by atoms with E-state index in [1.54, 1.807) is 12.1 Å². The molecule has 5 nitrogen and oxygen atoms in total. The Morgan fingerprint density at radius 1 is 1.19 bits per heavy atom. The predicted molar refractivity (Wildman–Crippen MR) is 78.0 cm³/mol. The van der Waals surface area contributed by atoms with E-state index in [2.05, 4.69) is 0 Å². The topological polar surface area (TPSA) is 59.4 Å². The van der Waals surface area contributed by atoms with Gasteiger partial charge in [0, 0.05) is 50.2 Å². The summed E-state index contributed by atoms with van der Waals surface area (Å²) in [7, 11) is 0. The third-order valence-corrected chi connectivity index (χ3v) is 4.52. The molecule has 2 aliphatic rings. The van der Waals surface area contributed by atoms with Gasteiger partial charge in [-0.05, 0) is 25.3 Å². The number of fused-ring (bicyclic) bond motifs is 4. The normalized spacial score (nSPS) is 23.6. The van der Waals surface area contributed by atoms with Gasteiger partial charge in [-0.3, -0.25) is 9.59 Å². The van der Waals surface area contributed by atoms with Crippen LogP contribution >= 0.6 is 0 Å². The van der Waals surface area contributed by atoms with Crippen LogP contribution in [0.15, 0.2) is 23.0 Å². The number of nitrogens with zero attached hydrogens (tertiary/aromatic N) is 2. The molecule has 3 rings (SSSR count). The first-order chi connectivity index (χ1) is 10.0. The smallest absolute Gasteiger partial charge is 0.250 e. The third kappa shape index (κ3) is 2.77. The molecule has 5 heteroatoms. The fraction of sp³-hybridized carbons (Fsp3) is 0.562. The van der Waals surface area contributed by atoms with Crippen LogP contribution in [0.1, 0.15) is 37.8 Å². The molecule has 1 fully saturated rings. The van der Waals surface area contributed by atoms with Crippen molar-refractivity contribution in [2.45, 2.75) is 38.6 Å². The number of ketones is 1. The maximum Gasteiger partial charge on any atom is 0.250 e. The molecule has 0 spiro atoms. The lowest BCUT2D eigenvalue weighted by molar-refractivity contribution is -0.135. The van der Waals surface area contributed by atoms with Crippen LogP contribution in [0, 0.1) is 5.92 Å². The minimum Gasteiger partial charge on any atom is -0.342 e. The van der Waals surface area contributed by atoms with Crippen LogP contribution in [-0.4, -0.2) is 34.2 Å². The molecule has 0 unspecified atom stereocenters. The molecule has 2 aliphatic heterocycles. The second-order valence-electron chi connectivity index (χ2n) is 6.20. The Kier molecular flexibility index (Phi) is 3.66. The third-order valence-electron chi connectivity index (χ3n) is 4.52. The molecule has 0 aliphatic carbocycles. The molecule has 0 radical (unpaired) electrons. The summed E-state index contributed by atoms with van der Waals surface area (Å²) in [6.07, 6.45) is 1.66. The van der Waals surface area contributed by atoms with Crippen LogP contribution in [0.2, 0.25) is 0 Å². The van der Waals surface area contributed by atoms with Crippen molar-refractivity contribution in [1.29, 1.82) is 0 Å². The van der Waals surface area contributed by atoms with E-state index in [1.807, 2.05) is 15.5 Å². The number of Topliss-reactive ketones (excluding diaryl/α,β-unsaturated/α-hetero) is 1. The summed E-state index contributed by atoms with van der Waals surface area (Å²) in [5.41, 5.74) is 1.10. The van der Waals surface area contributed by atoms with Crippen molar-refractivity contribution in [2.75, 3.05) is 13.1 Å². The molecule has 1 aromatic rings. The zero-order chi connectivity index (χ0) is 15.0. The molecular weight excluding hydrogens is 268 g/mol. The highest BCUT2D eigenvalue weighted by molar-refractivity contribution is 5.83. The lowest BCUT2D eigenvalue weighted by atomic mass is 9.83. The number of carbonyl (C=O) groups excluding carboxylic acids is 2. The quantitative estimate of drug-likeness (QED) is 0.838. The van der Waals surface area contributed by atoms with Gasteiger partial charge < -0.3 is 14.3 Å². The van der Waals surface area contributed by atoms with Crippen molar-refractivity contribution in [1.82, 2.24) is 9.47 Å². The molecule has 3 heterocycles. The van der Waals surface area contributed by atoms with Crippen molar-refractivity contribution < 1.29 is 9.59 Å². The standard InChI is InChI=1S/C16H20N2O3/c1-11(19)5-6-15(20)17-8-12-7-13(10-17)14-3-2-4-16(21)18(14)9-12/h2-4,12-13H,5-10H2,1H3/t12-,13-/m1/s1. The van der Waals surface area contributed by atoms with Crippen LogP contribution in [0.25, 0.3) is 0 Å². The first kappa shape index (κ1) is 14.0. The Morgan fingerprint density at radius 2 is 2.00 bits per heavy atom. The highest BCUT2D eigenvalue weighted by Crippen LogP contribution is 2.35. The number of hydrogen-bond donors (Lipinski definition) is 0. The highest BCUT2D eigenvalue weighted by atomic mass is 16.2. The summed E-state index contributed by atoms with van der Waals surface area (Å²) in [4.78, 5) is 37.0. The number of carbonyl (C=O) groups is 2. The van der Waals surface area contributed by atoms with Gasteiger partial charge in [-0.1, -0.05) is 6.07 Å². The van der Waals surface area contributed by atoms with Crippen LogP contribution in [0.3, 0.4) is 0 Å². The number of piperidine rings is 1. The number of rotatable bonds is 3. The highest BCUT2D eigenvalue weighted by Gasteiger charge is 2.35. The Labute approximate surface area is 123 Å². The summed E-state index contributed by atoms with van der Waals surface area (Å²) < 4.78 is 1.86. The lowest BCUT2D eigenvalue weighted by Gasteiger charge is -2.42. The van der Waals surface area contributed by atoms with Gasteiger partial charge in [0.15, 0.2) is 0 Å². The number of aromatic nitrogens is 1. The van der Waals surface area contributed by atoms with E-state index >= 15 is 0 Å². The second-order valence-corrected chi connectivity index (χ2v) is 6.20. The zero-order valence-electron chi connectivity index (χ0n) is 12.2. The van der Waals surface area contributed by atoms with Gasteiger partial charge in [-0.25, -0.2) is 0 Å². The summed E-state index contributed by atoms with van der Waals surface area (Å²) >= 11 is 0. The minimum atomic E-state index is 0.0532. The van der Waals surface area contributed by atoms with Crippen LogP contribution in [0.5, 0.6) is 0 Å². The van der Waals surface area contributed by atoms with E-state index < -0.39 is 0 Å². The van der Waals surface area contributed by atoms with Crippen molar-refractivity contribution >= 4 is 11.7 Å². The average Bonchev–Trinajstić information content (AvgIpc) is 2.45. The largest absolute Gasteiger partial charge is 0.342 e. The zero-order valence-corrected chi connectivity index (χ0v) is 12.2. The fourth-order valence-corrected chi connectivity index (χ4v) is 3.54. The molecule has 2 bridgehead atoms. The Balaban J connectivity index is 1.77. The average molecular weight is 288 g/mol. The molecule has 21 heavy (non-hydrogen) atoms. The van der Waals surface area contributed by atoms with E-state index in [9.17, 15) is 14.4 Å². The summed E-state index contributed by atoms with van der Waals surface area (Å²) in [6.45, 7) is 3.58. The number of likely N-dealkylation sites (tertiary alicyclic amines) is 1. The van der Waals surface area contributed by atoms with Crippen molar-refractivity contribution in [3.8, 4) is 0 Å². The predicted octanol–water partition coefficient (Wildman–Crippen LogP) is 1.16. The minimum absolute atomic E-state index is 0.0532. The molecule has 2 atom stereocenters. The Morgan fingerprint density at radius 3 is 2.76 bits per heavy atom. The van der Waals surface area contributed by atoms with Gasteiger partial charge in [0.05, 0.1) is 0 Å². The van der Waals surface area contributed by atoms with Crippen molar-refractivity contribution in [3.05, 3.63) is 34.2 Å². The monoisotopic (exact) mass is 288 g/mol. The number of amides is 1. The van der Waals surface area contributed by atoms with Crippen LogP contribution in [0.4, 0.5) is 0 Å². The maximum absolute atomic E-state index is 12.2. The van der Waals surface area contributed by atoms with Gasteiger partial charge in [0.2, 0.25) is 5.91 Å². The Bertz CT molecular complexity index is 635. The first-order valence-corrected chi connectivity index (χ1v) is 7.51. The Hall–Kier alpha value is -1.91. The van der Waals surface area contributed by atoms with E-state index in [1.165, 1.54) is 6.92 Å². The number of hydrogen-bond acceptors (Lipinski definition) is 3. The van der Waals surface area contributed by atoms with Crippen LogP contribution in [-0.2, 0) is 16.1 Å². The van der Waals surface area contributed by atoms with Gasteiger partial charge in [-0.15, -0.1) is 0 Å². The fourth-order valence-electron chi connectivity index (χ4n) is 3.54. The van der Waals surface area contributed by atoms with Gasteiger partial charge in [-0.2, -0.15) is 0 Å². The molecule has 0 N–H and O–H groups in total. The van der Waals surface area contributed by atoms with Crippen molar-refractivity contribution in [3.63, 3.8) is 0 Å². The lowest BCUT2D eigenvalue weighted by Crippen LogP contribution is -2.49. The van der Waals surface area contributed by atoms with E-state index in [4.69, 9.17) is 0 Å². The van der Waals surface area contributed by atoms with Gasteiger partial charge >= 0.3 is 0 Å². The summed E-state index contributed by atoms with van der Waals surface area (Å²) in [5.74, 6) is 0.703.